The zero-order valence-electron chi connectivity index (χ0n) is 9.49. The quantitative estimate of drug-likeness (QED) is 0.720. The fourth-order valence-electron chi connectivity index (χ4n) is 1.60. The average molecular weight is 278 g/mol. The van der Waals surface area contributed by atoms with E-state index in [1.807, 2.05) is 0 Å². The van der Waals surface area contributed by atoms with Gasteiger partial charge in [0.1, 0.15) is 5.69 Å². The Balaban J connectivity index is 2.09. The van der Waals surface area contributed by atoms with Gasteiger partial charge >= 0.3 is 0 Å². The van der Waals surface area contributed by atoms with Crippen LogP contribution in [0.5, 0.6) is 0 Å². The van der Waals surface area contributed by atoms with Crippen molar-refractivity contribution in [3.05, 3.63) is 29.3 Å². The molecular weight excluding hydrogens is 270 g/mol. The van der Waals surface area contributed by atoms with Crippen LogP contribution in [0.2, 0.25) is 5.02 Å². The predicted octanol–water partition coefficient (Wildman–Crippen LogP) is 1.14. The van der Waals surface area contributed by atoms with Crippen LogP contribution in [0.4, 0.5) is 11.6 Å². The molecule has 96 valence electrons. The molecule has 0 radical (unpaired) electrons. The molecule has 0 saturated heterocycles. The van der Waals surface area contributed by atoms with Crippen LogP contribution in [0.25, 0.3) is 17.1 Å². The fourth-order valence-corrected chi connectivity index (χ4v) is 1.72. The Kier molecular flexibility index (Phi) is 2.57. The van der Waals surface area contributed by atoms with Crippen molar-refractivity contribution in [2.24, 2.45) is 0 Å². The molecule has 9 heteroatoms. The summed E-state index contributed by atoms with van der Waals surface area (Å²) < 4.78 is 5.76. The van der Waals surface area contributed by atoms with Crippen LogP contribution in [0, 0.1) is 0 Å². The third-order valence-electron chi connectivity index (χ3n) is 2.52. The van der Waals surface area contributed by atoms with Crippen LogP contribution in [0.3, 0.4) is 0 Å². The number of hydrogen-bond donors (Lipinski definition) is 2. The summed E-state index contributed by atoms with van der Waals surface area (Å²) in [5, 5.41) is 15.6. The molecule has 1 aromatic carbocycles. The summed E-state index contributed by atoms with van der Waals surface area (Å²) in [4.78, 5) is 0. The summed E-state index contributed by atoms with van der Waals surface area (Å²) in [6, 6.07) is 7.05. The van der Waals surface area contributed by atoms with E-state index in [-0.39, 0.29) is 17.5 Å². The van der Waals surface area contributed by atoms with Crippen molar-refractivity contribution in [1.29, 1.82) is 0 Å². The molecule has 0 aliphatic rings. The minimum atomic E-state index is 0.0826. The average Bonchev–Trinajstić information content (AvgIpc) is 2.97. The first-order valence-electron chi connectivity index (χ1n) is 5.22. The van der Waals surface area contributed by atoms with E-state index in [9.17, 15) is 0 Å². The summed E-state index contributed by atoms with van der Waals surface area (Å²) >= 11 is 5.83. The second-order valence-corrected chi connectivity index (χ2v) is 4.15. The first-order chi connectivity index (χ1) is 9.16. The van der Waals surface area contributed by atoms with Gasteiger partial charge in [0, 0.05) is 10.6 Å². The number of rotatable bonds is 2. The molecule has 0 aliphatic carbocycles. The van der Waals surface area contributed by atoms with Crippen LogP contribution < -0.4 is 11.5 Å². The van der Waals surface area contributed by atoms with Crippen molar-refractivity contribution >= 4 is 23.2 Å². The summed E-state index contributed by atoms with van der Waals surface area (Å²) in [6.45, 7) is 0. The van der Waals surface area contributed by atoms with Gasteiger partial charge in [0.05, 0.1) is 0 Å². The molecule has 3 rings (SSSR count). The van der Waals surface area contributed by atoms with E-state index >= 15 is 0 Å². The lowest BCUT2D eigenvalue weighted by Gasteiger charge is -2.00. The first-order valence-corrected chi connectivity index (χ1v) is 5.60. The molecular formula is C10H8ClN7O. The predicted molar refractivity (Wildman–Crippen MR) is 68.5 cm³/mol. The maximum absolute atomic E-state index is 5.97. The molecule has 0 spiro atoms. The lowest BCUT2D eigenvalue weighted by molar-refractivity contribution is 0.307. The van der Waals surface area contributed by atoms with Crippen LogP contribution in [-0.4, -0.2) is 25.3 Å². The Morgan fingerprint density at radius 1 is 1.11 bits per heavy atom. The summed E-state index contributed by atoms with van der Waals surface area (Å²) in [5.74, 6) is 0.564. The normalized spacial score (nSPS) is 10.8. The van der Waals surface area contributed by atoms with Crippen molar-refractivity contribution in [1.82, 2.24) is 25.3 Å². The molecule has 4 N–H and O–H groups in total. The molecule has 3 aromatic rings. The number of nitrogens with two attached hydrogens (primary N) is 2. The molecule has 0 aliphatic heterocycles. The molecule has 0 bridgehead atoms. The topological polar surface area (TPSA) is 122 Å². The van der Waals surface area contributed by atoms with Gasteiger partial charge in [-0.3, -0.25) is 0 Å². The molecule has 0 saturated carbocycles. The van der Waals surface area contributed by atoms with E-state index in [1.54, 1.807) is 24.3 Å². The Bertz CT molecular complexity index is 718. The molecule has 2 aromatic heterocycles. The van der Waals surface area contributed by atoms with E-state index in [0.717, 1.165) is 5.56 Å². The Labute approximate surface area is 111 Å². The van der Waals surface area contributed by atoms with Crippen LogP contribution >= 0.6 is 11.6 Å². The number of hydrogen-bond acceptors (Lipinski definition) is 7. The van der Waals surface area contributed by atoms with Gasteiger partial charge in [0.2, 0.25) is 11.6 Å². The van der Waals surface area contributed by atoms with Crippen LogP contribution in [0.1, 0.15) is 0 Å². The van der Waals surface area contributed by atoms with Gasteiger partial charge in [-0.05, 0) is 22.4 Å². The van der Waals surface area contributed by atoms with Gasteiger partial charge in [-0.25, -0.2) is 4.63 Å². The third kappa shape index (κ3) is 1.87. The summed E-state index contributed by atoms with van der Waals surface area (Å²) in [6.07, 6.45) is 0. The Morgan fingerprint density at radius 3 is 2.47 bits per heavy atom. The van der Waals surface area contributed by atoms with Gasteiger partial charge < -0.3 is 11.5 Å². The van der Waals surface area contributed by atoms with Gasteiger partial charge in [-0.15, -0.1) is 5.10 Å². The molecule has 8 nitrogen and oxygen atoms in total. The van der Waals surface area contributed by atoms with Crippen LogP contribution in [0.15, 0.2) is 28.9 Å². The maximum atomic E-state index is 5.97. The standard InChI is InChI=1S/C10H8ClN7O/c11-6-3-1-5(2-4-6)7-9(13)18(17-14-7)10-8(12)15-19-16-10/h1-4H,13H2,(H2,12,15). The highest BCUT2D eigenvalue weighted by Crippen LogP contribution is 2.26. The van der Waals surface area contributed by atoms with Crippen molar-refractivity contribution in [3.8, 4) is 17.1 Å². The zero-order valence-corrected chi connectivity index (χ0v) is 10.2. The highest BCUT2D eigenvalue weighted by atomic mass is 35.5. The smallest absolute Gasteiger partial charge is 0.245 e. The minimum Gasteiger partial charge on any atom is -0.382 e. The Hall–Kier alpha value is -2.61. The highest BCUT2D eigenvalue weighted by Gasteiger charge is 2.18. The third-order valence-corrected chi connectivity index (χ3v) is 2.77. The zero-order chi connectivity index (χ0) is 13.4. The minimum absolute atomic E-state index is 0.0826. The first kappa shape index (κ1) is 11.5. The second-order valence-electron chi connectivity index (χ2n) is 3.72. The molecule has 0 unspecified atom stereocenters. The molecule has 0 atom stereocenters. The molecule has 0 amide bonds. The van der Waals surface area contributed by atoms with Gasteiger partial charge in [0.15, 0.2) is 5.82 Å². The lowest BCUT2D eigenvalue weighted by Crippen LogP contribution is -2.05. The van der Waals surface area contributed by atoms with E-state index in [4.69, 9.17) is 23.1 Å². The fraction of sp³-hybridized carbons (Fsp3) is 0. The number of benzene rings is 1. The number of halogens is 1. The lowest BCUT2D eigenvalue weighted by atomic mass is 10.1. The van der Waals surface area contributed by atoms with E-state index in [0.29, 0.717) is 10.7 Å². The molecule has 2 heterocycles. The van der Waals surface area contributed by atoms with E-state index < -0.39 is 0 Å². The van der Waals surface area contributed by atoms with E-state index in [2.05, 4.69) is 25.3 Å². The SMILES string of the molecule is Nc1nonc1-n1nnc(-c2ccc(Cl)cc2)c1N. The van der Waals surface area contributed by atoms with E-state index in [1.165, 1.54) is 4.68 Å². The second kappa shape index (κ2) is 4.25. The van der Waals surface area contributed by atoms with Crippen molar-refractivity contribution in [2.75, 3.05) is 11.5 Å². The van der Waals surface area contributed by atoms with Crippen molar-refractivity contribution in [3.63, 3.8) is 0 Å². The number of aromatic nitrogens is 5. The largest absolute Gasteiger partial charge is 0.382 e. The summed E-state index contributed by atoms with van der Waals surface area (Å²) in [5.41, 5.74) is 12.8. The van der Waals surface area contributed by atoms with Crippen molar-refractivity contribution in [2.45, 2.75) is 0 Å². The summed E-state index contributed by atoms with van der Waals surface area (Å²) in [7, 11) is 0. The Morgan fingerprint density at radius 2 is 1.84 bits per heavy atom. The van der Waals surface area contributed by atoms with Gasteiger partial charge in [-0.2, -0.15) is 4.68 Å². The number of nitrogen functional groups attached to an aromatic ring is 2. The number of nitrogens with zero attached hydrogens (tertiary/aromatic N) is 5. The molecule has 19 heavy (non-hydrogen) atoms. The monoisotopic (exact) mass is 277 g/mol. The van der Waals surface area contributed by atoms with Crippen molar-refractivity contribution < 1.29 is 4.63 Å². The van der Waals surface area contributed by atoms with Crippen LogP contribution in [-0.2, 0) is 0 Å². The maximum Gasteiger partial charge on any atom is 0.245 e. The highest BCUT2D eigenvalue weighted by molar-refractivity contribution is 6.30. The van der Waals surface area contributed by atoms with Gasteiger partial charge in [-0.1, -0.05) is 28.9 Å². The molecule has 0 fully saturated rings. The number of anilines is 2. The van der Waals surface area contributed by atoms with Gasteiger partial charge in [0.25, 0.3) is 0 Å².